The molecule has 4 heterocycles. The van der Waals surface area contributed by atoms with Gasteiger partial charge in [-0.1, -0.05) is 18.2 Å². The van der Waals surface area contributed by atoms with E-state index in [0.29, 0.717) is 38.3 Å². The Hall–Kier alpha value is -3.09. The van der Waals surface area contributed by atoms with Crippen molar-refractivity contribution in [2.75, 3.05) is 45.9 Å². The summed E-state index contributed by atoms with van der Waals surface area (Å²) in [5.74, 6) is -0.819. The number of piperazine rings is 1. The van der Waals surface area contributed by atoms with Crippen LogP contribution in [0.1, 0.15) is 33.5 Å². The first-order valence-corrected chi connectivity index (χ1v) is 13.7. The van der Waals surface area contributed by atoms with E-state index in [0.717, 1.165) is 42.5 Å². The summed E-state index contributed by atoms with van der Waals surface area (Å²) in [6, 6.07) is 8.57. The predicted octanol–water partition coefficient (Wildman–Crippen LogP) is 5.05. The first-order valence-electron chi connectivity index (χ1n) is 13.7. The summed E-state index contributed by atoms with van der Waals surface area (Å²) in [6.45, 7) is 4.39. The number of amides is 1. The quantitative estimate of drug-likeness (QED) is 0.439. The molecule has 1 aromatic heterocycles. The molecule has 3 saturated heterocycles. The summed E-state index contributed by atoms with van der Waals surface area (Å²) in [5, 5.41) is 0.966. The van der Waals surface area contributed by atoms with Gasteiger partial charge in [0.15, 0.2) is 0 Å². The number of ether oxygens (including phenoxy) is 1. The maximum absolute atomic E-state index is 13.9. The van der Waals surface area contributed by atoms with Gasteiger partial charge in [-0.3, -0.25) is 14.6 Å². The second kappa shape index (κ2) is 10.6. The normalized spacial score (nSPS) is 24.6. The van der Waals surface area contributed by atoms with E-state index in [9.17, 15) is 31.1 Å². The van der Waals surface area contributed by atoms with Crippen molar-refractivity contribution in [1.82, 2.24) is 19.7 Å². The summed E-state index contributed by atoms with van der Waals surface area (Å²) in [5.41, 5.74) is -1.74. The zero-order valence-electron chi connectivity index (χ0n) is 22.1. The molecule has 0 saturated carbocycles. The van der Waals surface area contributed by atoms with E-state index in [1.807, 2.05) is 30.5 Å². The first kappa shape index (κ1) is 28.0. The van der Waals surface area contributed by atoms with Crippen molar-refractivity contribution >= 4 is 16.8 Å². The number of benzene rings is 2. The van der Waals surface area contributed by atoms with Crippen molar-refractivity contribution < 1.29 is 35.9 Å². The highest BCUT2D eigenvalue weighted by molar-refractivity contribution is 5.95. The van der Waals surface area contributed by atoms with Gasteiger partial charge in [0.05, 0.1) is 24.3 Å². The van der Waals surface area contributed by atoms with Gasteiger partial charge in [0, 0.05) is 73.5 Å². The minimum absolute atomic E-state index is 0.0427. The number of aromatic amines is 1. The van der Waals surface area contributed by atoms with Crippen LogP contribution in [0.3, 0.4) is 0 Å². The zero-order chi connectivity index (χ0) is 28.9. The third kappa shape index (κ3) is 5.69. The van der Waals surface area contributed by atoms with Gasteiger partial charge in [-0.25, -0.2) is 0 Å². The van der Waals surface area contributed by atoms with Crippen molar-refractivity contribution in [2.24, 2.45) is 0 Å². The van der Waals surface area contributed by atoms with Crippen LogP contribution in [-0.2, 0) is 23.5 Å². The Balaban J connectivity index is 1.34. The molecule has 3 fully saturated rings. The van der Waals surface area contributed by atoms with Crippen LogP contribution < -0.4 is 0 Å². The Morgan fingerprint density at radius 1 is 0.878 bits per heavy atom. The van der Waals surface area contributed by atoms with Crippen LogP contribution in [0, 0.1) is 0 Å². The predicted molar refractivity (Wildman–Crippen MR) is 139 cm³/mol. The molecule has 3 aliphatic heterocycles. The Bertz CT molecular complexity index is 1380. The van der Waals surface area contributed by atoms with E-state index in [-0.39, 0.29) is 24.7 Å². The number of morpholine rings is 1. The van der Waals surface area contributed by atoms with Gasteiger partial charge in [0.2, 0.25) is 0 Å². The molecule has 12 heteroatoms. The highest BCUT2D eigenvalue weighted by Gasteiger charge is 2.45. The number of hydrogen-bond acceptors (Lipinski definition) is 4. The van der Waals surface area contributed by atoms with Crippen molar-refractivity contribution in [3.05, 3.63) is 70.9 Å². The Morgan fingerprint density at radius 2 is 1.54 bits per heavy atom. The SMILES string of the molecule is O=C(c1cc(C(F)(F)F)cc(C(F)(F)F)c1)N1C[C@@H]2C[C@H](N3CCOCC3)CN2C[C@H]1Cc1c[nH]c2ccccc12. The van der Waals surface area contributed by atoms with Crippen LogP contribution in [0.2, 0.25) is 0 Å². The lowest BCUT2D eigenvalue weighted by Gasteiger charge is -2.44. The third-order valence-electron chi connectivity index (χ3n) is 8.59. The maximum atomic E-state index is 13.9. The summed E-state index contributed by atoms with van der Waals surface area (Å²) < 4.78 is 87.1. The Morgan fingerprint density at radius 3 is 2.22 bits per heavy atom. The minimum atomic E-state index is -5.03. The number of rotatable bonds is 4. The molecule has 1 amide bonds. The first-order chi connectivity index (χ1) is 19.5. The summed E-state index contributed by atoms with van der Waals surface area (Å²) in [7, 11) is 0. The van der Waals surface area contributed by atoms with E-state index >= 15 is 0 Å². The lowest BCUT2D eigenvalue weighted by Crippen LogP contribution is -2.58. The molecular formula is C29H30F6N4O2. The molecule has 0 bridgehead atoms. The number of carbonyl (C=O) groups is 1. The van der Waals surface area contributed by atoms with Crippen LogP contribution in [-0.4, -0.2) is 89.7 Å². The van der Waals surface area contributed by atoms with E-state index < -0.39 is 41.0 Å². The van der Waals surface area contributed by atoms with Crippen molar-refractivity contribution in [2.45, 2.75) is 43.3 Å². The van der Waals surface area contributed by atoms with Gasteiger partial charge >= 0.3 is 12.4 Å². The van der Waals surface area contributed by atoms with Crippen molar-refractivity contribution in [3.63, 3.8) is 0 Å². The standard InChI is InChI=1S/C29H30F6N4O2/c30-28(31,32)20-9-18(10-21(12-20)29(33,34)35)27(40)39-17-23-13-22(37-5-7-41-8-6-37)15-38(23)16-24(39)11-19-14-36-26-4-2-1-3-25(19)26/h1-4,9-10,12,14,22-24,36H,5-8,11,13,15-17H2/t22-,23-,24+/m0/s1. The summed E-state index contributed by atoms with van der Waals surface area (Å²) >= 11 is 0. The number of fused-ring (bicyclic) bond motifs is 2. The topological polar surface area (TPSA) is 51.8 Å². The number of aromatic nitrogens is 1. The largest absolute Gasteiger partial charge is 0.416 e. The molecule has 0 spiro atoms. The molecule has 41 heavy (non-hydrogen) atoms. The fraction of sp³-hybridized carbons (Fsp3) is 0.483. The van der Waals surface area contributed by atoms with Gasteiger partial charge in [-0.05, 0) is 42.7 Å². The molecule has 3 aliphatic rings. The highest BCUT2D eigenvalue weighted by Crippen LogP contribution is 2.38. The number of H-pyrrole nitrogens is 1. The average molecular weight is 581 g/mol. The Labute approximate surface area is 232 Å². The molecule has 6 rings (SSSR count). The lowest BCUT2D eigenvalue weighted by molar-refractivity contribution is -0.143. The fourth-order valence-corrected chi connectivity index (χ4v) is 6.55. The second-order valence-electron chi connectivity index (χ2n) is 11.1. The van der Waals surface area contributed by atoms with Gasteiger partial charge < -0.3 is 14.6 Å². The number of halogens is 6. The summed E-state index contributed by atoms with van der Waals surface area (Å²) in [4.78, 5) is 23.3. The van der Waals surface area contributed by atoms with Gasteiger partial charge in [0.25, 0.3) is 5.91 Å². The average Bonchev–Trinajstić information content (AvgIpc) is 3.55. The molecule has 3 aromatic rings. The van der Waals surface area contributed by atoms with Crippen LogP contribution >= 0.6 is 0 Å². The molecule has 0 aliphatic carbocycles. The minimum Gasteiger partial charge on any atom is -0.379 e. The number of nitrogens with one attached hydrogen (secondary N) is 1. The molecule has 6 nitrogen and oxygen atoms in total. The molecule has 3 atom stereocenters. The van der Waals surface area contributed by atoms with Crippen LogP contribution in [0.5, 0.6) is 0 Å². The van der Waals surface area contributed by atoms with E-state index in [1.54, 1.807) is 0 Å². The van der Waals surface area contributed by atoms with E-state index in [2.05, 4.69) is 14.8 Å². The number of alkyl halides is 6. The van der Waals surface area contributed by atoms with E-state index in [4.69, 9.17) is 4.74 Å². The molecule has 2 aromatic carbocycles. The van der Waals surface area contributed by atoms with Crippen molar-refractivity contribution in [1.29, 1.82) is 0 Å². The maximum Gasteiger partial charge on any atom is 0.416 e. The monoisotopic (exact) mass is 580 g/mol. The summed E-state index contributed by atoms with van der Waals surface area (Å²) in [6.07, 6.45) is -7.04. The number of nitrogens with zero attached hydrogens (tertiary/aromatic N) is 3. The molecule has 0 unspecified atom stereocenters. The molecule has 1 N–H and O–H groups in total. The van der Waals surface area contributed by atoms with Crippen LogP contribution in [0.15, 0.2) is 48.7 Å². The smallest absolute Gasteiger partial charge is 0.379 e. The van der Waals surface area contributed by atoms with Gasteiger partial charge in [0.1, 0.15) is 0 Å². The molecule has 220 valence electrons. The second-order valence-corrected chi connectivity index (χ2v) is 11.1. The highest BCUT2D eigenvalue weighted by atomic mass is 19.4. The lowest BCUT2D eigenvalue weighted by atomic mass is 9.97. The van der Waals surface area contributed by atoms with E-state index in [1.165, 1.54) is 4.90 Å². The van der Waals surface area contributed by atoms with Gasteiger partial charge in [-0.2, -0.15) is 26.3 Å². The Kier molecular flexibility index (Phi) is 7.27. The van der Waals surface area contributed by atoms with Crippen LogP contribution in [0.4, 0.5) is 26.3 Å². The number of para-hydroxylation sites is 1. The molecular weight excluding hydrogens is 550 g/mol. The zero-order valence-corrected chi connectivity index (χ0v) is 22.1. The fourth-order valence-electron chi connectivity index (χ4n) is 6.55. The van der Waals surface area contributed by atoms with Gasteiger partial charge in [-0.15, -0.1) is 0 Å². The van der Waals surface area contributed by atoms with Crippen molar-refractivity contribution in [3.8, 4) is 0 Å². The van der Waals surface area contributed by atoms with Crippen LogP contribution in [0.25, 0.3) is 10.9 Å². The molecule has 0 radical (unpaired) electrons. The number of carbonyl (C=O) groups excluding carboxylic acids is 1. The third-order valence-corrected chi connectivity index (χ3v) is 8.59. The number of hydrogen-bond donors (Lipinski definition) is 1.